The number of hydrogen-bond acceptors (Lipinski definition) is 4. The molecule has 5 nitrogen and oxygen atoms in total. The molecule has 31 heavy (non-hydrogen) atoms. The molecule has 1 aliphatic rings. The Morgan fingerprint density at radius 3 is 2.55 bits per heavy atom. The number of hydrogen-bond donors (Lipinski definition) is 1. The van der Waals surface area contributed by atoms with Gasteiger partial charge in [0.05, 0.1) is 17.8 Å². The highest BCUT2D eigenvalue weighted by atomic mass is 35.5. The summed E-state index contributed by atoms with van der Waals surface area (Å²) >= 11 is 8.01. The molecular formula is C24H27ClN4OS. The van der Waals surface area contributed by atoms with Crippen molar-refractivity contribution in [1.29, 1.82) is 0 Å². The van der Waals surface area contributed by atoms with E-state index < -0.39 is 0 Å². The Hall–Kier alpha value is -2.28. The molecule has 4 rings (SSSR count). The second-order valence-corrected chi connectivity index (χ2v) is 9.47. The maximum absolute atomic E-state index is 12.9. The van der Waals surface area contributed by atoms with Crippen molar-refractivity contribution in [3.05, 3.63) is 76.1 Å². The van der Waals surface area contributed by atoms with Gasteiger partial charge in [-0.1, -0.05) is 29.8 Å². The van der Waals surface area contributed by atoms with Crippen LogP contribution in [0.5, 0.6) is 0 Å². The van der Waals surface area contributed by atoms with E-state index in [1.165, 1.54) is 11.5 Å². The second kappa shape index (κ2) is 9.90. The van der Waals surface area contributed by atoms with Crippen molar-refractivity contribution in [3.63, 3.8) is 0 Å². The van der Waals surface area contributed by atoms with Crippen LogP contribution in [0, 0.1) is 13.8 Å². The molecule has 3 aromatic rings. The van der Waals surface area contributed by atoms with E-state index >= 15 is 0 Å². The second-order valence-electron chi connectivity index (χ2n) is 7.81. The summed E-state index contributed by atoms with van der Waals surface area (Å²) in [6, 6.07) is 15.7. The van der Waals surface area contributed by atoms with E-state index in [4.69, 9.17) is 11.6 Å². The molecule has 0 unspecified atom stereocenters. The van der Waals surface area contributed by atoms with Crippen molar-refractivity contribution < 1.29 is 4.79 Å². The minimum atomic E-state index is -0.0245. The van der Waals surface area contributed by atoms with Gasteiger partial charge in [-0.2, -0.15) is 16.9 Å². The maximum atomic E-state index is 12.9. The molecule has 162 valence electrons. The number of aromatic nitrogens is 2. The molecule has 1 fully saturated rings. The zero-order valence-corrected chi connectivity index (χ0v) is 19.5. The van der Waals surface area contributed by atoms with Gasteiger partial charge >= 0.3 is 0 Å². The molecule has 1 aliphatic heterocycles. The molecule has 0 spiro atoms. The highest BCUT2D eigenvalue weighted by Gasteiger charge is 2.18. The predicted molar refractivity (Wildman–Crippen MR) is 129 cm³/mol. The van der Waals surface area contributed by atoms with Crippen LogP contribution in [0.3, 0.4) is 0 Å². The number of benzene rings is 2. The average molecular weight is 455 g/mol. The lowest BCUT2D eigenvalue weighted by atomic mass is 10.1. The Morgan fingerprint density at radius 2 is 1.81 bits per heavy atom. The third-order valence-corrected chi connectivity index (χ3v) is 6.83. The highest BCUT2D eigenvalue weighted by molar-refractivity contribution is 7.99. The minimum Gasteiger partial charge on any atom is -0.325 e. The normalized spacial score (nSPS) is 14.5. The number of halogens is 1. The third-order valence-electron chi connectivity index (χ3n) is 5.64. The van der Waals surface area contributed by atoms with Gasteiger partial charge in [-0.05, 0) is 49.7 Å². The van der Waals surface area contributed by atoms with Crippen molar-refractivity contribution in [2.45, 2.75) is 26.8 Å². The molecule has 7 heteroatoms. The summed E-state index contributed by atoms with van der Waals surface area (Å²) in [5.74, 6) is 2.32. The number of amides is 1. The number of nitrogens with one attached hydrogen (secondary N) is 1. The number of nitrogens with zero attached hydrogens (tertiary/aromatic N) is 3. The number of para-hydroxylation sites is 1. The van der Waals surface area contributed by atoms with Crippen LogP contribution >= 0.6 is 23.4 Å². The summed E-state index contributed by atoms with van der Waals surface area (Å²) in [6.45, 7) is 7.00. The fraction of sp³-hybridized carbons (Fsp3) is 0.333. The van der Waals surface area contributed by atoms with E-state index in [0.717, 1.165) is 53.5 Å². The van der Waals surface area contributed by atoms with Crippen molar-refractivity contribution in [2.24, 2.45) is 0 Å². The molecule has 0 saturated carbocycles. The lowest BCUT2D eigenvalue weighted by Gasteiger charge is -2.27. The first kappa shape index (κ1) is 21.9. The first-order valence-corrected chi connectivity index (χ1v) is 12.0. The molecule has 0 radical (unpaired) electrons. The van der Waals surface area contributed by atoms with E-state index in [-0.39, 0.29) is 5.91 Å². The fourth-order valence-electron chi connectivity index (χ4n) is 3.90. The number of aryl methyl sites for hydroxylation is 1. The Balaban J connectivity index is 1.48. The topological polar surface area (TPSA) is 50.2 Å². The Labute approximate surface area is 192 Å². The van der Waals surface area contributed by atoms with E-state index in [9.17, 15) is 4.79 Å². The molecule has 1 N–H and O–H groups in total. The fourth-order valence-corrected chi connectivity index (χ4v) is 5.00. The molecular weight excluding hydrogens is 428 g/mol. The van der Waals surface area contributed by atoms with Crippen LogP contribution in [0.2, 0.25) is 5.02 Å². The third kappa shape index (κ3) is 5.32. The number of thioether (sulfide) groups is 1. The van der Waals surface area contributed by atoms with Gasteiger partial charge in [-0.3, -0.25) is 9.69 Å². The van der Waals surface area contributed by atoms with Crippen molar-refractivity contribution >= 4 is 35.0 Å². The molecule has 1 saturated heterocycles. The summed E-state index contributed by atoms with van der Waals surface area (Å²) < 4.78 is 1.87. The van der Waals surface area contributed by atoms with E-state index in [1.807, 2.05) is 72.8 Å². The van der Waals surface area contributed by atoms with E-state index in [1.54, 1.807) is 0 Å². The van der Waals surface area contributed by atoms with Crippen molar-refractivity contribution in [3.8, 4) is 5.69 Å². The van der Waals surface area contributed by atoms with Gasteiger partial charge in [-0.15, -0.1) is 0 Å². The first-order valence-electron chi connectivity index (χ1n) is 10.5. The lowest BCUT2D eigenvalue weighted by molar-refractivity contribution is -0.115. The zero-order chi connectivity index (χ0) is 21.8. The molecule has 2 heterocycles. The monoisotopic (exact) mass is 454 g/mol. The van der Waals surface area contributed by atoms with Crippen LogP contribution in [0.25, 0.3) is 5.69 Å². The predicted octanol–water partition coefficient (Wildman–Crippen LogP) is 4.87. The standard InChI is InChI=1S/C24H27ClN4OS/c1-17-22(18(2)29(27-17)21-9-7-20(25)8-10-21)15-24(30)26-23-6-4-3-5-19(23)16-28-11-13-31-14-12-28/h3-10H,11-16H2,1-2H3,(H,26,30). The van der Waals surface area contributed by atoms with Gasteiger partial charge in [0.15, 0.2) is 0 Å². The zero-order valence-electron chi connectivity index (χ0n) is 17.9. The highest BCUT2D eigenvalue weighted by Crippen LogP contribution is 2.22. The number of anilines is 1. The smallest absolute Gasteiger partial charge is 0.228 e. The molecule has 1 aromatic heterocycles. The Bertz CT molecular complexity index is 1060. The van der Waals surface area contributed by atoms with Gasteiger partial charge in [-0.25, -0.2) is 4.68 Å². The van der Waals surface area contributed by atoms with Gasteiger partial charge < -0.3 is 5.32 Å². The molecule has 1 amide bonds. The molecule has 0 aliphatic carbocycles. The SMILES string of the molecule is Cc1nn(-c2ccc(Cl)cc2)c(C)c1CC(=O)Nc1ccccc1CN1CCSCC1. The molecule has 2 aromatic carbocycles. The van der Waals surface area contributed by atoms with Gasteiger partial charge in [0.2, 0.25) is 5.91 Å². The lowest BCUT2D eigenvalue weighted by Crippen LogP contribution is -2.32. The van der Waals surface area contributed by atoms with Gasteiger partial charge in [0.25, 0.3) is 0 Å². The van der Waals surface area contributed by atoms with Crippen LogP contribution in [-0.4, -0.2) is 45.2 Å². The average Bonchev–Trinajstić information content (AvgIpc) is 3.05. The molecule has 0 atom stereocenters. The van der Waals surface area contributed by atoms with Gasteiger partial charge in [0, 0.05) is 53.1 Å². The first-order chi connectivity index (χ1) is 15.0. The largest absolute Gasteiger partial charge is 0.325 e. The van der Waals surface area contributed by atoms with Crippen molar-refractivity contribution in [2.75, 3.05) is 29.9 Å². The quantitative estimate of drug-likeness (QED) is 0.577. The summed E-state index contributed by atoms with van der Waals surface area (Å²) in [5, 5.41) is 8.47. The van der Waals surface area contributed by atoms with Crippen LogP contribution in [0.1, 0.15) is 22.5 Å². The Morgan fingerprint density at radius 1 is 1.10 bits per heavy atom. The number of rotatable bonds is 6. The molecule has 0 bridgehead atoms. The summed E-state index contributed by atoms with van der Waals surface area (Å²) in [7, 11) is 0. The van der Waals surface area contributed by atoms with E-state index in [0.29, 0.717) is 11.4 Å². The van der Waals surface area contributed by atoms with Crippen LogP contribution in [0.4, 0.5) is 5.69 Å². The van der Waals surface area contributed by atoms with Crippen LogP contribution < -0.4 is 5.32 Å². The summed E-state index contributed by atoms with van der Waals surface area (Å²) in [4.78, 5) is 15.4. The summed E-state index contributed by atoms with van der Waals surface area (Å²) in [5.41, 5.74) is 5.77. The maximum Gasteiger partial charge on any atom is 0.228 e. The van der Waals surface area contributed by atoms with Crippen LogP contribution in [-0.2, 0) is 17.8 Å². The number of carbonyl (C=O) groups is 1. The summed E-state index contributed by atoms with van der Waals surface area (Å²) in [6.07, 6.45) is 0.292. The van der Waals surface area contributed by atoms with E-state index in [2.05, 4.69) is 21.4 Å². The Kier molecular flexibility index (Phi) is 7.00. The van der Waals surface area contributed by atoms with Gasteiger partial charge in [0.1, 0.15) is 0 Å². The number of carbonyl (C=O) groups excluding carboxylic acids is 1. The minimum absolute atomic E-state index is 0.0245. The van der Waals surface area contributed by atoms with Crippen molar-refractivity contribution in [1.82, 2.24) is 14.7 Å². The van der Waals surface area contributed by atoms with Crippen LogP contribution in [0.15, 0.2) is 48.5 Å².